The van der Waals surface area contributed by atoms with Crippen LogP contribution in [0.2, 0.25) is 0 Å². The first-order valence-electron chi connectivity index (χ1n) is 12.9. The Bertz CT molecular complexity index is 1790. The van der Waals surface area contributed by atoms with Crippen LogP contribution in [0.25, 0.3) is 16.7 Å². The molecule has 0 spiro atoms. The Balaban J connectivity index is 1.15. The minimum Gasteiger partial charge on any atom is -0.487 e. The zero-order valence-electron chi connectivity index (χ0n) is 21.7. The van der Waals surface area contributed by atoms with E-state index in [1.807, 2.05) is 54.4 Å². The van der Waals surface area contributed by atoms with Crippen LogP contribution >= 0.6 is 0 Å². The van der Waals surface area contributed by atoms with Gasteiger partial charge in [-0.15, -0.1) is 0 Å². The third-order valence-electron chi connectivity index (χ3n) is 7.15. The lowest BCUT2D eigenvalue weighted by Gasteiger charge is -2.39. The van der Waals surface area contributed by atoms with E-state index in [4.69, 9.17) is 14.5 Å². The number of hydrogen-bond acceptors (Lipinski definition) is 10. The minimum absolute atomic E-state index is 0.0813. The van der Waals surface area contributed by atoms with Crippen LogP contribution in [0.3, 0.4) is 0 Å². The summed E-state index contributed by atoms with van der Waals surface area (Å²) in [5.41, 5.74) is 3.78. The summed E-state index contributed by atoms with van der Waals surface area (Å²) < 4.78 is 13.9. The molecule has 1 saturated heterocycles. The molecule has 1 fully saturated rings. The van der Waals surface area contributed by atoms with Crippen molar-refractivity contribution in [3.05, 3.63) is 73.5 Å². The highest BCUT2D eigenvalue weighted by atomic mass is 16.5. The van der Waals surface area contributed by atoms with Crippen LogP contribution in [0, 0.1) is 6.92 Å². The monoisotopic (exact) mass is 535 g/mol. The third kappa shape index (κ3) is 4.19. The van der Waals surface area contributed by atoms with Crippen molar-refractivity contribution in [1.82, 2.24) is 34.4 Å². The van der Waals surface area contributed by atoms with Gasteiger partial charge in [0.15, 0.2) is 23.0 Å². The molecule has 0 saturated carbocycles. The standard InChI is InChI=1S/C28H25N9O3/c1-3-25(38)36-9-8-35-13-19(36)14-39-23-12-21-26(34-28(23)35)27(31-15-29-21)33-18-4-5-22(17(2)10-18)40-20-6-7-37-24(11-20)30-16-32-37/h3-7,10-12,15-16,19H,1,8-9,13-14H2,2H3,(H,29,31,33). The Morgan fingerprint density at radius 3 is 2.95 bits per heavy atom. The lowest BCUT2D eigenvalue weighted by atomic mass is 10.1. The number of pyridine rings is 2. The van der Waals surface area contributed by atoms with Crippen molar-refractivity contribution < 1.29 is 14.3 Å². The molecule has 1 aromatic carbocycles. The third-order valence-corrected chi connectivity index (χ3v) is 7.15. The van der Waals surface area contributed by atoms with Gasteiger partial charge < -0.3 is 24.6 Å². The number of rotatable bonds is 5. The number of carbonyl (C=O) groups is 1. The summed E-state index contributed by atoms with van der Waals surface area (Å²) in [6.07, 6.45) is 6.17. The highest BCUT2D eigenvalue weighted by Gasteiger charge is 2.34. The molecule has 0 aliphatic carbocycles. The number of aromatic nitrogens is 6. The SMILES string of the molecule is C=CC(=O)N1CCN2CC1COc1cc3ncnc(Nc4ccc(Oc5ccn6ncnc6c5)c(C)c4)c3nc12. The summed E-state index contributed by atoms with van der Waals surface area (Å²) in [6, 6.07) is 11.3. The van der Waals surface area contributed by atoms with E-state index in [0.717, 1.165) is 22.8 Å². The molecule has 7 rings (SSSR count). The molecule has 2 bridgehead atoms. The molecular weight excluding hydrogens is 510 g/mol. The smallest absolute Gasteiger partial charge is 0.246 e. The molecule has 12 heteroatoms. The molecule has 12 nitrogen and oxygen atoms in total. The van der Waals surface area contributed by atoms with Crippen LogP contribution in [-0.4, -0.2) is 72.6 Å². The Hall–Kier alpha value is -5.26. The van der Waals surface area contributed by atoms with Gasteiger partial charge in [-0.25, -0.2) is 24.5 Å². The molecule has 1 amide bonds. The van der Waals surface area contributed by atoms with Crippen molar-refractivity contribution in [2.75, 3.05) is 36.5 Å². The van der Waals surface area contributed by atoms with Gasteiger partial charge in [0.1, 0.15) is 36.3 Å². The van der Waals surface area contributed by atoms with E-state index in [0.29, 0.717) is 60.2 Å². The number of carbonyl (C=O) groups excluding carboxylic acids is 1. The quantitative estimate of drug-likeness (QED) is 0.335. The van der Waals surface area contributed by atoms with Gasteiger partial charge in [-0.1, -0.05) is 6.58 Å². The van der Waals surface area contributed by atoms with E-state index in [-0.39, 0.29) is 11.9 Å². The highest BCUT2D eigenvalue weighted by Crippen LogP contribution is 2.36. The molecule has 1 atom stereocenters. The molecule has 0 radical (unpaired) electrons. The van der Waals surface area contributed by atoms with Crippen LogP contribution in [0.1, 0.15) is 5.56 Å². The summed E-state index contributed by atoms with van der Waals surface area (Å²) >= 11 is 0. The number of amides is 1. The second-order valence-electron chi connectivity index (χ2n) is 9.68. The van der Waals surface area contributed by atoms with Gasteiger partial charge in [-0.2, -0.15) is 5.10 Å². The second kappa shape index (κ2) is 9.49. The molecule has 1 unspecified atom stereocenters. The summed E-state index contributed by atoms with van der Waals surface area (Å²) in [5, 5.41) is 7.51. The number of benzene rings is 1. The van der Waals surface area contributed by atoms with Crippen LogP contribution in [0.5, 0.6) is 17.2 Å². The Kier molecular flexibility index (Phi) is 5.65. The maximum absolute atomic E-state index is 12.3. The van der Waals surface area contributed by atoms with Crippen molar-refractivity contribution in [3.63, 3.8) is 0 Å². The molecule has 40 heavy (non-hydrogen) atoms. The summed E-state index contributed by atoms with van der Waals surface area (Å²) in [5.74, 6) is 3.27. The van der Waals surface area contributed by atoms with Crippen LogP contribution in [0.4, 0.5) is 17.3 Å². The van der Waals surface area contributed by atoms with E-state index < -0.39 is 0 Å². The van der Waals surface area contributed by atoms with Gasteiger partial charge in [0.25, 0.3) is 0 Å². The van der Waals surface area contributed by atoms with E-state index >= 15 is 0 Å². The molecule has 5 aromatic rings. The maximum Gasteiger partial charge on any atom is 0.246 e. The van der Waals surface area contributed by atoms with Gasteiger partial charge in [0.05, 0.1) is 11.6 Å². The van der Waals surface area contributed by atoms with E-state index in [2.05, 4.69) is 36.8 Å². The first kappa shape index (κ1) is 23.8. The van der Waals surface area contributed by atoms with Gasteiger partial charge in [-0.3, -0.25) is 4.79 Å². The van der Waals surface area contributed by atoms with Gasteiger partial charge in [0.2, 0.25) is 5.91 Å². The Labute approximate surface area is 228 Å². The molecule has 2 aliphatic rings. The van der Waals surface area contributed by atoms with E-state index in [1.54, 1.807) is 4.52 Å². The Morgan fingerprint density at radius 2 is 2.08 bits per heavy atom. The van der Waals surface area contributed by atoms with Gasteiger partial charge in [0, 0.05) is 43.7 Å². The number of aryl methyl sites for hydroxylation is 1. The average Bonchev–Trinajstić information content (AvgIpc) is 3.40. The molecule has 6 heterocycles. The summed E-state index contributed by atoms with van der Waals surface area (Å²) in [7, 11) is 0. The zero-order valence-corrected chi connectivity index (χ0v) is 21.7. The fourth-order valence-electron chi connectivity index (χ4n) is 5.13. The highest BCUT2D eigenvalue weighted by molar-refractivity contribution is 5.90. The minimum atomic E-state index is -0.0854. The van der Waals surface area contributed by atoms with Crippen molar-refractivity contribution in [2.24, 2.45) is 0 Å². The number of piperazine rings is 1. The largest absolute Gasteiger partial charge is 0.487 e. The van der Waals surface area contributed by atoms with Crippen molar-refractivity contribution in [3.8, 4) is 17.2 Å². The number of fused-ring (bicyclic) bond motifs is 6. The predicted octanol–water partition coefficient (Wildman–Crippen LogP) is 3.51. The Morgan fingerprint density at radius 1 is 1.15 bits per heavy atom. The normalized spacial score (nSPS) is 16.3. The average molecular weight is 536 g/mol. The van der Waals surface area contributed by atoms with Crippen molar-refractivity contribution in [1.29, 1.82) is 0 Å². The molecule has 1 N–H and O–H groups in total. The van der Waals surface area contributed by atoms with Gasteiger partial charge in [-0.05, 0) is 42.8 Å². The lowest BCUT2D eigenvalue weighted by molar-refractivity contribution is -0.129. The van der Waals surface area contributed by atoms with Crippen LogP contribution < -0.4 is 19.7 Å². The molecule has 2 aliphatic heterocycles. The summed E-state index contributed by atoms with van der Waals surface area (Å²) in [6.45, 7) is 7.85. The molecular formula is C28H25N9O3. The topological polar surface area (TPSA) is 123 Å². The van der Waals surface area contributed by atoms with Crippen LogP contribution in [-0.2, 0) is 4.79 Å². The number of anilines is 3. The van der Waals surface area contributed by atoms with Crippen LogP contribution in [0.15, 0.2) is 67.9 Å². The number of hydrogen-bond donors (Lipinski definition) is 1. The van der Waals surface area contributed by atoms with Crippen molar-refractivity contribution in [2.45, 2.75) is 13.0 Å². The lowest BCUT2D eigenvalue weighted by Crippen LogP contribution is -2.56. The fraction of sp³-hybridized carbons (Fsp3) is 0.214. The first-order chi connectivity index (χ1) is 19.6. The predicted molar refractivity (Wildman–Crippen MR) is 148 cm³/mol. The molecule has 4 aromatic heterocycles. The van der Waals surface area contributed by atoms with E-state index in [9.17, 15) is 4.79 Å². The van der Waals surface area contributed by atoms with Crippen molar-refractivity contribution >= 4 is 39.9 Å². The first-order valence-corrected chi connectivity index (χ1v) is 12.9. The number of nitrogens with one attached hydrogen (secondary N) is 1. The number of ether oxygens (including phenoxy) is 2. The van der Waals surface area contributed by atoms with E-state index in [1.165, 1.54) is 18.7 Å². The molecule has 200 valence electrons. The second-order valence-corrected chi connectivity index (χ2v) is 9.68. The fourth-order valence-corrected chi connectivity index (χ4v) is 5.13. The number of nitrogens with zero attached hydrogens (tertiary/aromatic N) is 8. The summed E-state index contributed by atoms with van der Waals surface area (Å²) in [4.78, 5) is 34.4. The maximum atomic E-state index is 12.3. The zero-order chi connectivity index (χ0) is 27.2. The van der Waals surface area contributed by atoms with Gasteiger partial charge >= 0.3 is 0 Å².